The highest BCUT2D eigenvalue weighted by atomic mass is 79.9. The van der Waals surface area contributed by atoms with Gasteiger partial charge < -0.3 is 9.84 Å². The van der Waals surface area contributed by atoms with Gasteiger partial charge in [0.25, 0.3) is 0 Å². The van der Waals surface area contributed by atoms with Gasteiger partial charge in [0.05, 0.1) is 0 Å². The third-order valence-electron chi connectivity index (χ3n) is 3.31. The van der Waals surface area contributed by atoms with Gasteiger partial charge in [0.15, 0.2) is 0 Å². The standard InChI is InChI=1S/C15H19BrFN3O/c1-4-18-13(9(2)3)8-14-19-15(20-21-14)11-6-5-10(17)7-12(11)16/h5-7,9,13,18H,4,8H2,1-3H3. The van der Waals surface area contributed by atoms with Crippen LogP contribution in [-0.2, 0) is 6.42 Å². The van der Waals surface area contributed by atoms with Crippen molar-refractivity contribution in [1.82, 2.24) is 15.5 Å². The van der Waals surface area contributed by atoms with E-state index in [1.54, 1.807) is 6.07 Å². The van der Waals surface area contributed by atoms with Gasteiger partial charge in [0.1, 0.15) is 5.82 Å². The summed E-state index contributed by atoms with van der Waals surface area (Å²) in [5.74, 6) is 1.22. The van der Waals surface area contributed by atoms with Crippen molar-refractivity contribution in [3.05, 3.63) is 34.4 Å². The molecule has 114 valence electrons. The van der Waals surface area contributed by atoms with Gasteiger partial charge >= 0.3 is 0 Å². The zero-order chi connectivity index (χ0) is 15.4. The van der Waals surface area contributed by atoms with Crippen LogP contribution >= 0.6 is 15.9 Å². The normalized spacial score (nSPS) is 12.9. The van der Waals surface area contributed by atoms with E-state index < -0.39 is 0 Å². The van der Waals surface area contributed by atoms with Crippen LogP contribution in [0, 0.1) is 11.7 Å². The van der Waals surface area contributed by atoms with E-state index in [-0.39, 0.29) is 5.82 Å². The maximum Gasteiger partial charge on any atom is 0.228 e. The highest BCUT2D eigenvalue weighted by Crippen LogP contribution is 2.27. The minimum Gasteiger partial charge on any atom is -0.339 e. The Morgan fingerprint density at radius 1 is 1.38 bits per heavy atom. The van der Waals surface area contributed by atoms with Crippen molar-refractivity contribution in [3.8, 4) is 11.4 Å². The first kappa shape index (κ1) is 16.1. The maximum absolute atomic E-state index is 13.1. The predicted octanol–water partition coefficient (Wildman–Crippen LogP) is 3.81. The van der Waals surface area contributed by atoms with Crippen LogP contribution in [0.4, 0.5) is 4.39 Å². The summed E-state index contributed by atoms with van der Waals surface area (Å²) in [5.41, 5.74) is 0.718. The van der Waals surface area contributed by atoms with Crippen LogP contribution in [0.1, 0.15) is 26.7 Å². The van der Waals surface area contributed by atoms with Gasteiger partial charge in [-0.15, -0.1) is 0 Å². The van der Waals surface area contributed by atoms with Gasteiger partial charge in [-0.05, 0) is 46.6 Å². The van der Waals surface area contributed by atoms with E-state index in [2.05, 4.69) is 52.2 Å². The van der Waals surface area contributed by atoms with Crippen LogP contribution in [-0.4, -0.2) is 22.7 Å². The summed E-state index contributed by atoms with van der Waals surface area (Å²) in [6.45, 7) is 7.28. The fraction of sp³-hybridized carbons (Fsp3) is 0.467. The SMILES string of the molecule is CCNC(Cc1nc(-c2ccc(F)cc2Br)no1)C(C)C. The van der Waals surface area contributed by atoms with Crippen molar-refractivity contribution in [1.29, 1.82) is 0 Å². The van der Waals surface area contributed by atoms with E-state index in [0.29, 0.717) is 34.6 Å². The second-order valence-corrected chi connectivity index (χ2v) is 6.10. The Hall–Kier alpha value is -1.27. The van der Waals surface area contributed by atoms with Gasteiger partial charge in [0.2, 0.25) is 11.7 Å². The Kier molecular flexibility index (Phi) is 5.47. The topological polar surface area (TPSA) is 51.0 Å². The lowest BCUT2D eigenvalue weighted by Crippen LogP contribution is -2.35. The summed E-state index contributed by atoms with van der Waals surface area (Å²) in [5, 5.41) is 7.39. The maximum atomic E-state index is 13.1. The summed E-state index contributed by atoms with van der Waals surface area (Å²) >= 11 is 3.32. The Labute approximate surface area is 132 Å². The van der Waals surface area contributed by atoms with Crippen LogP contribution in [0.5, 0.6) is 0 Å². The lowest BCUT2D eigenvalue weighted by Gasteiger charge is -2.19. The average Bonchev–Trinajstić information content (AvgIpc) is 2.86. The average molecular weight is 356 g/mol. The molecule has 0 amide bonds. The van der Waals surface area contributed by atoms with E-state index in [4.69, 9.17) is 4.52 Å². The van der Waals surface area contributed by atoms with E-state index >= 15 is 0 Å². The highest BCUT2D eigenvalue weighted by molar-refractivity contribution is 9.10. The third-order valence-corrected chi connectivity index (χ3v) is 3.96. The molecule has 0 aliphatic rings. The molecule has 0 aliphatic heterocycles. The Balaban J connectivity index is 2.17. The van der Waals surface area contributed by atoms with Crippen molar-refractivity contribution < 1.29 is 8.91 Å². The molecule has 1 unspecified atom stereocenters. The summed E-state index contributed by atoms with van der Waals surface area (Å²) in [6, 6.07) is 4.70. The molecule has 1 N–H and O–H groups in total. The van der Waals surface area contributed by atoms with E-state index in [1.165, 1.54) is 12.1 Å². The predicted molar refractivity (Wildman–Crippen MR) is 83.4 cm³/mol. The smallest absolute Gasteiger partial charge is 0.228 e. The minimum atomic E-state index is -0.304. The second kappa shape index (κ2) is 7.13. The zero-order valence-corrected chi connectivity index (χ0v) is 13.9. The third kappa shape index (κ3) is 4.11. The molecule has 0 bridgehead atoms. The van der Waals surface area contributed by atoms with E-state index in [9.17, 15) is 4.39 Å². The molecule has 6 heteroatoms. The molecule has 0 fully saturated rings. The van der Waals surface area contributed by atoms with Gasteiger partial charge in [-0.25, -0.2) is 4.39 Å². The molecule has 1 heterocycles. The lowest BCUT2D eigenvalue weighted by molar-refractivity contribution is 0.329. The number of rotatable bonds is 6. The molecule has 0 saturated heterocycles. The van der Waals surface area contributed by atoms with Gasteiger partial charge in [-0.3, -0.25) is 0 Å². The number of hydrogen-bond acceptors (Lipinski definition) is 4. The van der Waals surface area contributed by atoms with Gasteiger partial charge in [-0.1, -0.05) is 25.9 Å². The molecular weight excluding hydrogens is 337 g/mol. The quantitative estimate of drug-likeness (QED) is 0.855. The molecular formula is C15H19BrFN3O. The first-order valence-electron chi connectivity index (χ1n) is 7.02. The van der Waals surface area contributed by atoms with Crippen LogP contribution in [0.15, 0.2) is 27.2 Å². The van der Waals surface area contributed by atoms with Crippen LogP contribution in [0.2, 0.25) is 0 Å². The van der Waals surface area contributed by atoms with Crippen molar-refractivity contribution in [2.45, 2.75) is 33.2 Å². The highest BCUT2D eigenvalue weighted by Gasteiger charge is 2.18. The molecule has 1 atom stereocenters. The molecule has 2 aromatic rings. The molecule has 1 aromatic carbocycles. The second-order valence-electron chi connectivity index (χ2n) is 5.25. The number of aromatic nitrogens is 2. The molecule has 0 aliphatic carbocycles. The van der Waals surface area contributed by atoms with Crippen molar-refractivity contribution in [3.63, 3.8) is 0 Å². The van der Waals surface area contributed by atoms with Crippen molar-refractivity contribution in [2.24, 2.45) is 5.92 Å². The zero-order valence-electron chi connectivity index (χ0n) is 12.4. The van der Waals surface area contributed by atoms with Crippen LogP contribution < -0.4 is 5.32 Å². The first-order valence-corrected chi connectivity index (χ1v) is 7.82. The molecule has 0 spiro atoms. The fourth-order valence-electron chi connectivity index (χ4n) is 2.11. The monoisotopic (exact) mass is 355 g/mol. The Morgan fingerprint density at radius 3 is 2.76 bits per heavy atom. The number of halogens is 2. The summed E-state index contributed by atoms with van der Waals surface area (Å²) in [7, 11) is 0. The van der Waals surface area contributed by atoms with Crippen molar-refractivity contribution >= 4 is 15.9 Å². The number of nitrogens with one attached hydrogen (secondary N) is 1. The summed E-state index contributed by atoms with van der Waals surface area (Å²) < 4.78 is 19.0. The molecule has 21 heavy (non-hydrogen) atoms. The number of likely N-dealkylation sites (N-methyl/N-ethyl adjacent to an activating group) is 1. The van der Waals surface area contributed by atoms with E-state index in [1.807, 2.05) is 0 Å². The summed E-state index contributed by atoms with van der Waals surface area (Å²) in [4.78, 5) is 4.41. The van der Waals surface area contributed by atoms with Gasteiger partial charge in [0, 0.05) is 22.5 Å². The molecule has 1 aromatic heterocycles. The Morgan fingerprint density at radius 2 is 2.14 bits per heavy atom. The number of nitrogens with zero attached hydrogens (tertiary/aromatic N) is 2. The molecule has 0 saturated carbocycles. The number of hydrogen-bond donors (Lipinski definition) is 1. The lowest BCUT2D eigenvalue weighted by atomic mass is 10.0. The molecule has 2 rings (SSSR count). The van der Waals surface area contributed by atoms with E-state index in [0.717, 1.165) is 12.1 Å². The first-order chi connectivity index (χ1) is 10.0. The van der Waals surface area contributed by atoms with Gasteiger partial charge in [-0.2, -0.15) is 4.98 Å². The van der Waals surface area contributed by atoms with Crippen LogP contribution in [0.25, 0.3) is 11.4 Å². The molecule has 0 radical (unpaired) electrons. The Bertz CT molecular complexity index is 600. The van der Waals surface area contributed by atoms with Crippen LogP contribution in [0.3, 0.4) is 0 Å². The minimum absolute atomic E-state index is 0.292. The largest absolute Gasteiger partial charge is 0.339 e. The fourth-order valence-corrected chi connectivity index (χ4v) is 2.64. The number of benzene rings is 1. The molecule has 4 nitrogen and oxygen atoms in total. The summed E-state index contributed by atoms with van der Waals surface area (Å²) in [6.07, 6.45) is 0.678. The van der Waals surface area contributed by atoms with Crippen molar-refractivity contribution in [2.75, 3.05) is 6.54 Å².